The van der Waals surface area contributed by atoms with Crippen LogP contribution in [-0.2, 0) is 23.4 Å². The summed E-state index contributed by atoms with van der Waals surface area (Å²) in [6.45, 7) is 2.36. The molecule has 0 bridgehead atoms. The number of ether oxygens (including phenoxy) is 2. The quantitative estimate of drug-likeness (QED) is 0.185. The number of carbonyl (C=O) groups excluding carboxylic acids is 1. The maximum atomic E-state index is 13.8. The van der Waals surface area contributed by atoms with E-state index in [-0.39, 0.29) is 16.6 Å². The van der Waals surface area contributed by atoms with Gasteiger partial charge in [-0.3, -0.25) is 23.7 Å². The van der Waals surface area contributed by atoms with Gasteiger partial charge in [0.05, 0.1) is 6.61 Å². The average Bonchev–Trinajstić information content (AvgIpc) is 3.12. The highest BCUT2D eigenvalue weighted by atomic mass is 32.1. The summed E-state index contributed by atoms with van der Waals surface area (Å²) in [6.07, 6.45) is 1.94. The number of aromatic amines is 1. The Bertz CT molecular complexity index is 1300. The van der Waals surface area contributed by atoms with Gasteiger partial charge < -0.3 is 24.2 Å². The number of aliphatic hydroxyl groups is 2. The Morgan fingerprint density at radius 1 is 1.28 bits per heavy atom. The van der Waals surface area contributed by atoms with Crippen molar-refractivity contribution in [1.82, 2.24) is 14.6 Å². The lowest BCUT2D eigenvalue weighted by molar-refractivity contribution is -0.152. The molecular formula is C25H34N3O9PS. The van der Waals surface area contributed by atoms with Crippen molar-refractivity contribution in [3.05, 3.63) is 57.7 Å². The summed E-state index contributed by atoms with van der Waals surface area (Å²) in [4.78, 5) is 26.7. The van der Waals surface area contributed by atoms with Crippen molar-refractivity contribution < 1.29 is 38.1 Å². The molecule has 4 N–H and O–H groups in total. The summed E-state index contributed by atoms with van der Waals surface area (Å²) in [7, 11) is -4.23. The third-order valence-electron chi connectivity index (χ3n) is 6.78. The van der Waals surface area contributed by atoms with Gasteiger partial charge in [-0.05, 0) is 63.9 Å². The zero-order chi connectivity index (χ0) is 28.2. The second kappa shape index (κ2) is 12.4. The van der Waals surface area contributed by atoms with E-state index in [0.29, 0.717) is 0 Å². The van der Waals surface area contributed by atoms with Crippen molar-refractivity contribution in [2.75, 3.05) is 6.61 Å². The molecule has 1 saturated heterocycles. The number of H-pyrrole nitrogens is 1. The lowest BCUT2D eigenvalue weighted by Crippen LogP contribution is -2.45. The molecule has 1 aliphatic carbocycles. The molecule has 214 valence electrons. The number of carbonyl (C=O) groups is 1. The first-order chi connectivity index (χ1) is 18.5. The Morgan fingerprint density at radius 3 is 2.64 bits per heavy atom. The minimum Gasteiger partial charge on any atom is -0.461 e. The van der Waals surface area contributed by atoms with E-state index in [1.165, 1.54) is 30.7 Å². The topological polar surface area (TPSA) is 161 Å². The second-order valence-corrected chi connectivity index (χ2v) is 12.0. The third kappa shape index (κ3) is 7.23. The molecule has 2 heterocycles. The van der Waals surface area contributed by atoms with Gasteiger partial charge in [-0.15, -0.1) is 0 Å². The maximum Gasteiger partial charge on any atom is 0.459 e. The first-order valence-corrected chi connectivity index (χ1v) is 14.8. The summed E-state index contributed by atoms with van der Waals surface area (Å²) in [5.41, 5.74) is -2.28. The molecule has 1 unspecified atom stereocenters. The van der Waals surface area contributed by atoms with Gasteiger partial charge in [0.2, 0.25) is 0 Å². The standard InChI is InChI=1S/C25H34N3O9PS/c1-16(22(31)35-17-9-5-3-6-10-17)27-38(33,37-18-11-7-4-8-12-18)34-15-19-21(30)25(2,32)23(36-19)28-14-13-20(29)26-24(28)39/h4,7-8,11-14,16-17,19,21,23,30,32H,3,5-6,9-10,15H2,1-2H3,(H,27,33)(H,26,29,39)/t16-,19+,21?,23+,25+,38+/m0/s1. The van der Waals surface area contributed by atoms with Crippen molar-refractivity contribution in [2.45, 2.75) is 82.1 Å². The molecule has 0 spiro atoms. The van der Waals surface area contributed by atoms with Crippen LogP contribution < -0.4 is 15.2 Å². The number of rotatable bonds is 10. The minimum absolute atomic E-state index is 0.0217. The van der Waals surface area contributed by atoms with E-state index in [1.807, 2.05) is 0 Å². The molecule has 2 fully saturated rings. The molecule has 2 aliphatic rings. The third-order valence-corrected chi connectivity index (χ3v) is 8.73. The van der Waals surface area contributed by atoms with Crippen LogP contribution in [-0.4, -0.2) is 62.3 Å². The van der Waals surface area contributed by atoms with Crippen LogP contribution in [0.1, 0.15) is 52.2 Å². The summed E-state index contributed by atoms with van der Waals surface area (Å²) in [5, 5.41) is 24.5. The van der Waals surface area contributed by atoms with Crippen LogP contribution in [0.2, 0.25) is 0 Å². The molecular weight excluding hydrogens is 549 g/mol. The largest absolute Gasteiger partial charge is 0.461 e. The van der Waals surface area contributed by atoms with Crippen LogP contribution in [0.3, 0.4) is 0 Å². The second-order valence-electron chi connectivity index (χ2n) is 9.96. The van der Waals surface area contributed by atoms with Crippen LogP contribution in [0.4, 0.5) is 0 Å². The molecule has 39 heavy (non-hydrogen) atoms. The van der Waals surface area contributed by atoms with Crippen molar-refractivity contribution in [3.63, 3.8) is 0 Å². The van der Waals surface area contributed by atoms with Crippen LogP contribution in [0.15, 0.2) is 47.4 Å². The zero-order valence-electron chi connectivity index (χ0n) is 21.7. The van der Waals surface area contributed by atoms with Gasteiger partial charge in [0, 0.05) is 12.3 Å². The van der Waals surface area contributed by atoms with E-state index in [0.717, 1.165) is 32.1 Å². The molecule has 0 amide bonds. The number of aliphatic hydroxyl groups excluding tert-OH is 1. The number of hydrogen-bond donors (Lipinski definition) is 4. The Balaban J connectivity index is 1.48. The lowest BCUT2D eigenvalue weighted by Gasteiger charge is -2.28. The highest BCUT2D eigenvalue weighted by molar-refractivity contribution is 7.71. The molecule has 2 aromatic rings. The Kier molecular flexibility index (Phi) is 9.43. The fourth-order valence-electron chi connectivity index (χ4n) is 4.61. The predicted octanol–water partition coefficient (Wildman–Crippen LogP) is 2.97. The fraction of sp³-hybridized carbons (Fsp3) is 0.560. The summed E-state index contributed by atoms with van der Waals surface area (Å²) < 4.78 is 37.8. The Hall–Kier alpha value is -2.38. The van der Waals surface area contributed by atoms with Gasteiger partial charge >= 0.3 is 13.7 Å². The van der Waals surface area contributed by atoms with Crippen molar-refractivity contribution in [3.8, 4) is 5.75 Å². The van der Waals surface area contributed by atoms with E-state index in [2.05, 4.69) is 10.1 Å². The monoisotopic (exact) mass is 583 g/mol. The minimum atomic E-state index is -4.23. The number of aromatic nitrogens is 2. The molecule has 1 aromatic heterocycles. The van der Waals surface area contributed by atoms with E-state index in [9.17, 15) is 24.4 Å². The van der Waals surface area contributed by atoms with Gasteiger partial charge in [-0.2, -0.15) is 5.09 Å². The molecule has 1 aliphatic heterocycles. The number of nitrogens with zero attached hydrogens (tertiary/aromatic N) is 1. The molecule has 14 heteroatoms. The van der Waals surface area contributed by atoms with Gasteiger partial charge in [-0.25, -0.2) is 4.57 Å². The maximum absolute atomic E-state index is 13.8. The van der Waals surface area contributed by atoms with E-state index in [1.54, 1.807) is 30.3 Å². The summed E-state index contributed by atoms with van der Waals surface area (Å²) in [5.74, 6) is -0.367. The average molecular weight is 584 g/mol. The lowest BCUT2D eigenvalue weighted by atomic mass is 9.96. The molecule has 4 rings (SSSR count). The molecule has 1 aromatic carbocycles. The Labute approximate surface area is 230 Å². The molecule has 1 saturated carbocycles. The predicted molar refractivity (Wildman–Crippen MR) is 143 cm³/mol. The van der Waals surface area contributed by atoms with Crippen molar-refractivity contribution >= 4 is 25.9 Å². The fourth-order valence-corrected chi connectivity index (χ4v) is 6.37. The van der Waals surface area contributed by atoms with Crippen LogP contribution in [0.5, 0.6) is 5.75 Å². The van der Waals surface area contributed by atoms with Gasteiger partial charge in [-0.1, -0.05) is 24.6 Å². The van der Waals surface area contributed by atoms with Crippen molar-refractivity contribution in [1.29, 1.82) is 0 Å². The SMILES string of the molecule is C[C@H](N[P@@](=O)(OC[C@H]1O[C@@H](n2ccc(=O)[nH]c2=S)[C@](C)(O)C1O)Oc1ccccc1)C(=O)OC1CCCCC1. The number of para-hydroxylation sites is 1. The number of esters is 1. The first-order valence-electron chi connectivity index (χ1n) is 12.8. The summed E-state index contributed by atoms with van der Waals surface area (Å²) >= 11 is 5.17. The van der Waals surface area contributed by atoms with Crippen molar-refractivity contribution in [2.24, 2.45) is 0 Å². The highest BCUT2D eigenvalue weighted by Gasteiger charge is 2.54. The van der Waals surface area contributed by atoms with Gasteiger partial charge in [0.25, 0.3) is 5.56 Å². The smallest absolute Gasteiger partial charge is 0.459 e. The van der Waals surface area contributed by atoms with Gasteiger partial charge in [0.15, 0.2) is 11.0 Å². The normalized spacial score (nSPS) is 27.9. The van der Waals surface area contributed by atoms with E-state index in [4.69, 9.17) is 30.7 Å². The Morgan fingerprint density at radius 2 is 1.97 bits per heavy atom. The van der Waals surface area contributed by atoms with E-state index < -0.39 is 56.0 Å². The number of benzene rings is 1. The molecule has 12 nitrogen and oxygen atoms in total. The highest BCUT2D eigenvalue weighted by Crippen LogP contribution is 2.47. The van der Waals surface area contributed by atoms with Crippen LogP contribution >= 0.6 is 20.0 Å². The van der Waals surface area contributed by atoms with Crippen LogP contribution in [0.25, 0.3) is 0 Å². The summed E-state index contributed by atoms with van der Waals surface area (Å²) in [6, 6.07) is 8.42. The first kappa shape index (κ1) is 29.6. The van der Waals surface area contributed by atoms with Gasteiger partial charge in [0.1, 0.15) is 35.7 Å². The zero-order valence-corrected chi connectivity index (χ0v) is 23.4. The molecule has 6 atom stereocenters. The number of nitrogens with one attached hydrogen (secondary N) is 2. The van der Waals surface area contributed by atoms with E-state index >= 15 is 0 Å². The molecule has 0 radical (unpaired) electrons. The van der Waals surface area contributed by atoms with Crippen LogP contribution in [0, 0.1) is 4.77 Å². The number of hydrogen-bond acceptors (Lipinski definition) is 10.